The number of amides is 3. The van der Waals surface area contributed by atoms with E-state index >= 15 is 0 Å². The minimum atomic E-state index is -1.23. The van der Waals surface area contributed by atoms with Crippen LogP contribution in [0.3, 0.4) is 0 Å². The van der Waals surface area contributed by atoms with E-state index in [1.165, 1.54) is 12.3 Å². The largest absolute Gasteiger partial charge is 0.475 e. The van der Waals surface area contributed by atoms with Crippen molar-refractivity contribution in [3.8, 4) is 0 Å². The van der Waals surface area contributed by atoms with Crippen LogP contribution in [0.15, 0.2) is 16.7 Å². The lowest BCUT2D eigenvalue weighted by molar-refractivity contribution is -0.131. The number of nitrogens with one attached hydrogen (secondary N) is 1. The van der Waals surface area contributed by atoms with Crippen LogP contribution in [0, 0.1) is 0 Å². The quantitative estimate of drug-likeness (QED) is 0.797. The SMILES string of the molecule is CCC1(C)NC(=O)N(Cc2ccoc2C(=O)O)C1=O. The topological polar surface area (TPSA) is 99.8 Å². The summed E-state index contributed by atoms with van der Waals surface area (Å²) in [5, 5.41) is 11.5. The lowest BCUT2D eigenvalue weighted by Crippen LogP contribution is -2.43. The number of carboxylic acid groups (broad SMARTS) is 1. The molecule has 0 aromatic carbocycles. The number of furan rings is 1. The minimum absolute atomic E-state index is 0.113. The van der Waals surface area contributed by atoms with E-state index < -0.39 is 17.5 Å². The second kappa shape index (κ2) is 4.42. The van der Waals surface area contributed by atoms with Crippen LogP contribution >= 0.6 is 0 Å². The van der Waals surface area contributed by atoms with Crippen LogP contribution in [-0.2, 0) is 11.3 Å². The number of hydrogen-bond donors (Lipinski definition) is 2. The number of nitrogens with zero attached hydrogens (tertiary/aromatic N) is 1. The molecule has 1 fully saturated rings. The van der Waals surface area contributed by atoms with Gasteiger partial charge in [-0.05, 0) is 19.4 Å². The van der Waals surface area contributed by atoms with Crippen LogP contribution in [0.4, 0.5) is 4.79 Å². The monoisotopic (exact) mass is 266 g/mol. The van der Waals surface area contributed by atoms with E-state index in [2.05, 4.69) is 5.32 Å². The maximum absolute atomic E-state index is 12.1. The number of carbonyl (C=O) groups is 3. The predicted octanol–water partition coefficient (Wildman–Crippen LogP) is 1.20. The molecule has 7 nitrogen and oxygen atoms in total. The highest BCUT2D eigenvalue weighted by atomic mass is 16.4. The molecule has 2 N–H and O–H groups in total. The molecule has 0 radical (unpaired) electrons. The highest BCUT2D eigenvalue weighted by Crippen LogP contribution is 2.23. The third-order valence-electron chi connectivity index (χ3n) is 3.32. The lowest BCUT2D eigenvalue weighted by Gasteiger charge is -2.19. The summed E-state index contributed by atoms with van der Waals surface area (Å²) in [5.74, 6) is -1.85. The Kier molecular flexibility index (Phi) is 3.05. The Bertz CT molecular complexity index is 550. The Morgan fingerprint density at radius 2 is 2.21 bits per heavy atom. The Labute approximate surface area is 109 Å². The van der Waals surface area contributed by atoms with Crippen LogP contribution in [0.25, 0.3) is 0 Å². The fourth-order valence-electron chi connectivity index (χ4n) is 1.95. The van der Waals surface area contributed by atoms with Crippen molar-refractivity contribution in [3.63, 3.8) is 0 Å². The van der Waals surface area contributed by atoms with Crippen LogP contribution in [0.5, 0.6) is 0 Å². The summed E-state index contributed by atoms with van der Waals surface area (Å²) in [6.45, 7) is 3.32. The van der Waals surface area contributed by atoms with Gasteiger partial charge in [0.25, 0.3) is 5.91 Å². The molecule has 1 unspecified atom stereocenters. The van der Waals surface area contributed by atoms with Crippen molar-refractivity contribution in [1.82, 2.24) is 10.2 Å². The van der Waals surface area contributed by atoms with Gasteiger partial charge in [0.15, 0.2) is 0 Å². The van der Waals surface area contributed by atoms with Crippen molar-refractivity contribution in [1.29, 1.82) is 0 Å². The third-order valence-corrected chi connectivity index (χ3v) is 3.32. The lowest BCUT2D eigenvalue weighted by atomic mass is 9.99. The van der Waals surface area contributed by atoms with Crippen molar-refractivity contribution in [2.24, 2.45) is 0 Å². The van der Waals surface area contributed by atoms with E-state index in [0.29, 0.717) is 6.42 Å². The number of urea groups is 1. The summed E-state index contributed by atoms with van der Waals surface area (Å²) >= 11 is 0. The normalized spacial score (nSPS) is 22.7. The Balaban J connectivity index is 2.24. The molecular weight excluding hydrogens is 252 g/mol. The van der Waals surface area contributed by atoms with Gasteiger partial charge < -0.3 is 14.8 Å². The van der Waals surface area contributed by atoms with Gasteiger partial charge in [-0.2, -0.15) is 0 Å². The van der Waals surface area contributed by atoms with E-state index in [1.54, 1.807) is 13.8 Å². The Hall–Kier alpha value is -2.31. The number of imide groups is 1. The van der Waals surface area contributed by atoms with E-state index in [0.717, 1.165) is 4.90 Å². The first kappa shape index (κ1) is 13.1. The molecule has 7 heteroatoms. The first-order valence-electron chi connectivity index (χ1n) is 5.83. The zero-order valence-corrected chi connectivity index (χ0v) is 10.6. The second-order valence-corrected chi connectivity index (χ2v) is 4.59. The van der Waals surface area contributed by atoms with Crippen molar-refractivity contribution in [2.45, 2.75) is 32.4 Å². The smallest absolute Gasteiger partial charge is 0.372 e. The zero-order valence-electron chi connectivity index (χ0n) is 10.6. The Morgan fingerprint density at radius 3 is 2.74 bits per heavy atom. The first-order valence-corrected chi connectivity index (χ1v) is 5.83. The van der Waals surface area contributed by atoms with Gasteiger partial charge >= 0.3 is 12.0 Å². The standard InChI is InChI=1S/C12H14N2O5/c1-3-12(2)10(17)14(11(18)13-12)6-7-4-5-19-8(7)9(15)16/h4-5H,3,6H2,1-2H3,(H,13,18)(H,15,16). The molecule has 1 aromatic heterocycles. The molecule has 1 aliphatic heterocycles. The summed E-state index contributed by atoms with van der Waals surface area (Å²) in [7, 11) is 0. The molecule has 1 saturated heterocycles. The van der Waals surface area contributed by atoms with E-state index in [4.69, 9.17) is 9.52 Å². The summed E-state index contributed by atoms with van der Waals surface area (Å²) in [4.78, 5) is 35.8. The van der Waals surface area contributed by atoms with E-state index in [-0.39, 0.29) is 23.8 Å². The van der Waals surface area contributed by atoms with Gasteiger partial charge in [-0.15, -0.1) is 0 Å². The van der Waals surface area contributed by atoms with Gasteiger partial charge in [-0.3, -0.25) is 9.69 Å². The van der Waals surface area contributed by atoms with Crippen LogP contribution in [-0.4, -0.2) is 33.5 Å². The van der Waals surface area contributed by atoms with Gasteiger partial charge in [0.1, 0.15) is 5.54 Å². The molecule has 102 valence electrons. The van der Waals surface area contributed by atoms with Crippen LogP contribution < -0.4 is 5.32 Å². The highest BCUT2D eigenvalue weighted by molar-refractivity contribution is 6.06. The van der Waals surface area contributed by atoms with Gasteiger partial charge in [-0.25, -0.2) is 9.59 Å². The summed E-state index contributed by atoms with van der Waals surface area (Å²) < 4.78 is 4.82. The fraction of sp³-hybridized carbons (Fsp3) is 0.417. The van der Waals surface area contributed by atoms with Crippen molar-refractivity contribution < 1.29 is 23.9 Å². The minimum Gasteiger partial charge on any atom is -0.475 e. The zero-order chi connectivity index (χ0) is 14.2. The number of carbonyl (C=O) groups excluding carboxylic acids is 2. The van der Waals surface area contributed by atoms with E-state index in [1.807, 2.05) is 0 Å². The molecule has 1 aromatic rings. The fourth-order valence-corrected chi connectivity index (χ4v) is 1.95. The van der Waals surface area contributed by atoms with Crippen molar-refractivity contribution >= 4 is 17.9 Å². The summed E-state index contributed by atoms with van der Waals surface area (Å²) in [6, 6.07) is 0.915. The summed E-state index contributed by atoms with van der Waals surface area (Å²) in [6.07, 6.45) is 1.68. The molecule has 0 aliphatic carbocycles. The van der Waals surface area contributed by atoms with Crippen LogP contribution in [0.1, 0.15) is 36.4 Å². The van der Waals surface area contributed by atoms with Gasteiger partial charge in [0.2, 0.25) is 5.76 Å². The molecular formula is C12H14N2O5. The molecule has 3 amide bonds. The maximum Gasteiger partial charge on any atom is 0.372 e. The van der Waals surface area contributed by atoms with Crippen molar-refractivity contribution in [2.75, 3.05) is 0 Å². The molecule has 0 spiro atoms. The van der Waals surface area contributed by atoms with E-state index in [9.17, 15) is 14.4 Å². The second-order valence-electron chi connectivity index (χ2n) is 4.59. The number of rotatable bonds is 4. The van der Waals surface area contributed by atoms with Gasteiger partial charge in [0, 0.05) is 5.56 Å². The first-order chi connectivity index (χ1) is 8.89. The molecule has 1 atom stereocenters. The Morgan fingerprint density at radius 1 is 1.53 bits per heavy atom. The molecule has 1 aliphatic rings. The number of carboxylic acids is 1. The van der Waals surface area contributed by atoms with Gasteiger partial charge in [-0.1, -0.05) is 6.92 Å². The molecule has 0 saturated carbocycles. The molecule has 19 heavy (non-hydrogen) atoms. The number of aromatic carboxylic acids is 1. The maximum atomic E-state index is 12.1. The van der Waals surface area contributed by atoms with Gasteiger partial charge in [0.05, 0.1) is 12.8 Å². The van der Waals surface area contributed by atoms with Crippen LogP contribution in [0.2, 0.25) is 0 Å². The highest BCUT2D eigenvalue weighted by Gasteiger charge is 2.46. The molecule has 2 heterocycles. The molecule has 2 rings (SSSR count). The average molecular weight is 266 g/mol. The molecule has 0 bridgehead atoms. The van der Waals surface area contributed by atoms with Crippen molar-refractivity contribution in [3.05, 3.63) is 23.7 Å². The third kappa shape index (κ3) is 2.07. The number of hydrogen-bond acceptors (Lipinski definition) is 4. The average Bonchev–Trinajstić information content (AvgIpc) is 2.89. The summed E-state index contributed by atoms with van der Waals surface area (Å²) in [5.41, 5.74) is -0.638. The predicted molar refractivity (Wildman–Crippen MR) is 63.4 cm³/mol.